The number of carbonyl (C=O) groups excluding carboxylic acids is 2. The average molecular weight is 371 g/mol. The fourth-order valence-corrected chi connectivity index (χ4v) is 2.75. The second-order valence-corrected chi connectivity index (χ2v) is 7.40. The summed E-state index contributed by atoms with van der Waals surface area (Å²) < 4.78 is 16.3. The summed E-state index contributed by atoms with van der Waals surface area (Å²) in [6, 6.07) is -0.700. The third kappa shape index (κ3) is 6.96. The maximum Gasteiger partial charge on any atom is 0.407 e. The van der Waals surface area contributed by atoms with E-state index in [4.69, 9.17) is 14.2 Å². The number of rotatable bonds is 7. The topological polar surface area (TPSA) is 94.1 Å². The Balaban J connectivity index is 2.96. The van der Waals surface area contributed by atoms with Crippen molar-refractivity contribution in [3.05, 3.63) is 11.6 Å². The second kappa shape index (κ2) is 9.92. The minimum Gasteiger partial charge on any atom is -0.463 e. The van der Waals surface area contributed by atoms with Crippen LogP contribution in [0.5, 0.6) is 0 Å². The molecule has 0 saturated carbocycles. The number of aliphatic hydroxyl groups is 1. The van der Waals surface area contributed by atoms with Gasteiger partial charge in [0.1, 0.15) is 17.8 Å². The Morgan fingerprint density at radius 2 is 1.88 bits per heavy atom. The molecule has 1 aliphatic carbocycles. The van der Waals surface area contributed by atoms with Gasteiger partial charge in [-0.15, -0.1) is 0 Å². The van der Waals surface area contributed by atoms with Crippen molar-refractivity contribution in [2.45, 2.75) is 90.8 Å². The van der Waals surface area contributed by atoms with E-state index in [0.29, 0.717) is 5.57 Å². The molecule has 26 heavy (non-hydrogen) atoms. The number of esters is 1. The summed E-state index contributed by atoms with van der Waals surface area (Å²) in [4.78, 5) is 24.3. The molecule has 0 heterocycles. The van der Waals surface area contributed by atoms with Gasteiger partial charge in [-0.2, -0.15) is 0 Å². The number of hydrogen-bond donors (Lipinski definition) is 2. The Morgan fingerprint density at radius 1 is 1.27 bits per heavy atom. The first-order valence-electron chi connectivity index (χ1n) is 9.32. The molecule has 0 spiro atoms. The zero-order valence-corrected chi connectivity index (χ0v) is 16.7. The van der Waals surface area contributed by atoms with Crippen LogP contribution in [0.4, 0.5) is 4.79 Å². The van der Waals surface area contributed by atoms with Crippen LogP contribution in [0.3, 0.4) is 0 Å². The van der Waals surface area contributed by atoms with Gasteiger partial charge < -0.3 is 24.6 Å². The van der Waals surface area contributed by atoms with Crippen LogP contribution in [0.2, 0.25) is 0 Å². The van der Waals surface area contributed by atoms with Crippen molar-refractivity contribution in [2.75, 3.05) is 6.61 Å². The Morgan fingerprint density at radius 3 is 2.38 bits per heavy atom. The standard InChI is InChI=1S/C19H33NO6/c1-7-13(8-2)25-15-11-12(17(22)24-9-3)10-14(16(15)21)20-18(23)26-19(4,5)6/h11,13-16,21H,7-10H2,1-6H3,(H,20,23)/t14-,15+,16+/m0/s1. The largest absolute Gasteiger partial charge is 0.463 e. The molecule has 150 valence electrons. The van der Waals surface area contributed by atoms with E-state index < -0.39 is 35.9 Å². The molecule has 0 aliphatic heterocycles. The number of amides is 1. The molecule has 1 aliphatic rings. The SMILES string of the molecule is CCOC(=O)C1=C[C@@H](OC(CC)CC)[C@H](O)[C@@H](NC(=O)OC(C)(C)C)C1. The van der Waals surface area contributed by atoms with Gasteiger partial charge in [0.05, 0.1) is 18.8 Å². The van der Waals surface area contributed by atoms with Gasteiger partial charge in [0.15, 0.2) is 0 Å². The average Bonchev–Trinajstić information content (AvgIpc) is 2.54. The molecule has 0 saturated heterocycles. The summed E-state index contributed by atoms with van der Waals surface area (Å²) in [6.07, 6.45) is 0.951. The number of alkyl carbamates (subject to hydrolysis) is 1. The Bertz CT molecular complexity index is 507. The van der Waals surface area contributed by atoms with Crippen molar-refractivity contribution in [3.63, 3.8) is 0 Å². The highest BCUT2D eigenvalue weighted by Gasteiger charge is 2.37. The fraction of sp³-hybridized carbons (Fsp3) is 0.789. The third-order valence-corrected chi connectivity index (χ3v) is 4.05. The molecule has 0 aromatic carbocycles. The number of carbonyl (C=O) groups is 2. The van der Waals surface area contributed by atoms with Crippen LogP contribution < -0.4 is 5.32 Å². The van der Waals surface area contributed by atoms with Gasteiger partial charge in [-0.1, -0.05) is 13.8 Å². The lowest BCUT2D eigenvalue weighted by molar-refractivity contribution is -0.139. The predicted molar refractivity (Wildman–Crippen MR) is 97.7 cm³/mol. The van der Waals surface area contributed by atoms with Crippen LogP contribution in [0.25, 0.3) is 0 Å². The number of nitrogens with one attached hydrogen (secondary N) is 1. The van der Waals surface area contributed by atoms with Gasteiger partial charge >= 0.3 is 12.1 Å². The van der Waals surface area contributed by atoms with Gasteiger partial charge in [0.2, 0.25) is 0 Å². The molecule has 0 aromatic heterocycles. The molecule has 7 heteroatoms. The monoisotopic (exact) mass is 371 g/mol. The van der Waals surface area contributed by atoms with Gasteiger partial charge in [0, 0.05) is 12.0 Å². The maximum absolute atomic E-state index is 12.2. The van der Waals surface area contributed by atoms with E-state index in [1.165, 1.54) is 0 Å². The number of ether oxygens (including phenoxy) is 3. The highest BCUT2D eigenvalue weighted by molar-refractivity contribution is 5.89. The molecule has 7 nitrogen and oxygen atoms in total. The molecule has 0 fully saturated rings. The van der Waals surface area contributed by atoms with Crippen LogP contribution in [0.1, 0.15) is 60.8 Å². The molecule has 0 radical (unpaired) electrons. The van der Waals surface area contributed by atoms with E-state index in [1.54, 1.807) is 33.8 Å². The summed E-state index contributed by atoms with van der Waals surface area (Å²) >= 11 is 0. The van der Waals surface area contributed by atoms with Crippen LogP contribution in [-0.4, -0.2) is 53.7 Å². The quantitative estimate of drug-likeness (QED) is 0.668. The highest BCUT2D eigenvalue weighted by Crippen LogP contribution is 2.25. The highest BCUT2D eigenvalue weighted by atomic mass is 16.6. The first-order chi connectivity index (χ1) is 12.1. The van der Waals surface area contributed by atoms with Crippen LogP contribution in [-0.2, 0) is 19.0 Å². The van der Waals surface area contributed by atoms with Crippen molar-refractivity contribution in [1.82, 2.24) is 5.32 Å². The van der Waals surface area contributed by atoms with Crippen LogP contribution in [0, 0.1) is 0 Å². The molecule has 0 aromatic rings. The zero-order valence-electron chi connectivity index (χ0n) is 16.7. The Kier molecular flexibility index (Phi) is 8.56. The van der Waals surface area contributed by atoms with E-state index in [0.717, 1.165) is 12.8 Å². The van der Waals surface area contributed by atoms with E-state index in [9.17, 15) is 14.7 Å². The van der Waals surface area contributed by atoms with E-state index >= 15 is 0 Å². The lowest BCUT2D eigenvalue weighted by Gasteiger charge is -2.35. The number of aliphatic hydroxyl groups excluding tert-OH is 1. The van der Waals surface area contributed by atoms with Crippen LogP contribution >= 0.6 is 0 Å². The van der Waals surface area contributed by atoms with Gasteiger partial charge in [-0.05, 0) is 46.6 Å². The fourth-order valence-electron chi connectivity index (χ4n) is 2.75. The van der Waals surface area contributed by atoms with Gasteiger partial charge in [0.25, 0.3) is 0 Å². The second-order valence-electron chi connectivity index (χ2n) is 7.40. The molecule has 3 atom stereocenters. The van der Waals surface area contributed by atoms with Gasteiger partial charge in [-0.25, -0.2) is 9.59 Å². The molecule has 2 N–H and O–H groups in total. The van der Waals surface area contributed by atoms with Crippen molar-refractivity contribution in [3.8, 4) is 0 Å². The minimum atomic E-state index is -0.985. The third-order valence-electron chi connectivity index (χ3n) is 4.05. The van der Waals surface area contributed by atoms with Gasteiger partial charge in [-0.3, -0.25) is 0 Å². The van der Waals surface area contributed by atoms with E-state index in [-0.39, 0.29) is 19.1 Å². The normalized spacial score (nSPS) is 23.4. The van der Waals surface area contributed by atoms with Crippen molar-refractivity contribution in [2.24, 2.45) is 0 Å². The minimum absolute atomic E-state index is 0.0466. The molecular weight excluding hydrogens is 338 g/mol. The summed E-state index contributed by atoms with van der Waals surface area (Å²) in [6.45, 7) is 11.2. The Labute approximate surface area is 156 Å². The molecular formula is C19H33NO6. The molecule has 1 rings (SSSR count). The number of hydrogen-bond acceptors (Lipinski definition) is 6. The van der Waals surface area contributed by atoms with Crippen molar-refractivity contribution >= 4 is 12.1 Å². The molecule has 0 bridgehead atoms. The zero-order chi connectivity index (χ0) is 19.9. The summed E-state index contributed by atoms with van der Waals surface area (Å²) in [5.41, 5.74) is -0.274. The van der Waals surface area contributed by atoms with Crippen molar-refractivity contribution in [1.29, 1.82) is 0 Å². The Hall–Kier alpha value is -1.60. The van der Waals surface area contributed by atoms with E-state index in [2.05, 4.69) is 5.32 Å². The summed E-state index contributed by atoms with van der Waals surface area (Å²) in [5.74, 6) is -0.464. The smallest absolute Gasteiger partial charge is 0.407 e. The first kappa shape index (κ1) is 22.4. The van der Waals surface area contributed by atoms with E-state index in [1.807, 2.05) is 13.8 Å². The molecule has 0 unspecified atom stereocenters. The predicted octanol–water partition coefficient (Wildman–Crippen LogP) is 2.71. The lowest BCUT2D eigenvalue weighted by atomic mass is 9.89. The summed E-state index contributed by atoms with van der Waals surface area (Å²) in [5, 5.41) is 13.3. The van der Waals surface area contributed by atoms with Crippen LogP contribution in [0.15, 0.2) is 11.6 Å². The first-order valence-corrected chi connectivity index (χ1v) is 9.32. The van der Waals surface area contributed by atoms with Crippen molar-refractivity contribution < 1.29 is 28.9 Å². The maximum atomic E-state index is 12.2. The summed E-state index contributed by atoms with van der Waals surface area (Å²) in [7, 11) is 0. The lowest BCUT2D eigenvalue weighted by Crippen LogP contribution is -2.53. The molecule has 1 amide bonds.